The van der Waals surface area contributed by atoms with Gasteiger partial charge in [-0.15, -0.1) is 0 Å². The molecule has 1 aliphatic heterocycles. The van der Waals surface area contributed by atoms with Crippen LogP contribution in [0.25, 0.3) is 10.9 Å². The summed E-state index contributed by atoms with van der Waals surface area (Å²) in [6, 6.07) is 14.6. The minimum atomic E-state index is -0.433. The number of carbonyl (C=O) groups excluding carboxylic acids is 2. The highest BCUT2D eigenvalue weighted by atomic mass is 79.9. The molecule has 8 nitrogen and oxygen atoms in total. The molecule has 3 amide bonds. The zero-order valence-electron chi connectivity index (χ0n) is 17.6. The molecule has 0 radical (unpaired) electrons. The summed E-state index contributed by atoms with van der Waals surface area (Å²) in [5, 5.41) is 3.72. The topological polar surface area (TPSA) is 101 Å². The Labute approximate surface area is 194 Å². The van der Waals surface area contributed by atoms with Crippen molar-refractivity contribution >= 4 is 50.1 Å². The van der Waals surface area contributed by atoms with E-state index in [1.165, 1.54) is 4.90 Å². The molecule has 3 N–H and O–H groups in total. The van der Waals surface area contributed by atoms with Crippen LogP contribution in [-0.2, 0) is 16.0 Å². The van der Waals surface area contributed by atoms with Gasteiger partial charge >= 0.3 is 6.03 Å². The van der Waals surface area contributed by atoms with Gasteiger partial charge in [-0.1, -0.05) is 28.1 Å². The highest BCUT2D eigenvalue weighted by Crippen LogP contribution is 2.22. The van der Waals surface area contributed by atoms with Gasteiger partial charge in [-0.3, -0.25) is 9.78 Å². The number of carbonyl (C=O) groups is 2. The minimum Gasteiger partial charge on any atom is -0.398 e. The fraction of sp³-hybridized carbons (Fsp3) is 0.261. The maximum Gasteiger partial charge on any atom is 0.322 e. The molecule has 0 aliphatic carbocycles. The Morgan fingerprint density at radius 2 is 2.00 bits per heavy atom. The number of nitrogens with one attached hydrogen (secondary N) is 1. The minimum absolute atomic E-state index is 0.00195. The van der Waals surface area contributed by atoms with Crippen LogP contribution in [0.5, 0.6) is 0 Å². The third kappa shape index (κ3) is 4.84. The number of nitrogens with zero attached hydrogens (tertiary/aromatic N) is 3. The molecule has 1 unspecified atom stereocenters. The van der Waals surface area contributed by atoms with Crippen LogP contribution in [0, 0.1) is 0 Å². The van der Waals surface area contributed by atoms with Gasteiger partial charge in [-0.05, 0) is 42.0 Å². The van der Waals surface area contributed by atoms with E-state index in [2.05, 4.69) is 26.2 Å². The quantitative estimate of drug-likeness (QED) is 0.561. The number of hydrogen-bond acceptors (Lipinski definition) is 5. The van der Waals surface area contributed by atoms with E-state index in [0.717, 1.165) is 20.9 Å². The second-order valence-corrected chi connectivity index (χ2v) is 8.51. The molecule has 1 atom stereocenters. The van der Waals surface area contributed by atoms with Crippen molar-refractivity contribution in [2.75, 3.05) is 37.8 Å². The number of benzene rings is 2. The number of amides is 3. The van der Waals surface area contributed by atoms with E-state index in [0.29, 0.717) is 30.9 Å². The Hall–Kier alpha value is -3.17. The van der Waals surface area contributed by atoms with Crippen LogP contribution in [0.4, 0.5) is 16.2 Å². The average molecular weight is 498 g/mol. The maximum atomic E-state index is 12.8. The monoisotopic (exact) mass is 497 g/mol. The first-order valence-electron chi connectivity index (χ1n) is 10.2. The van der Waals surface area contributed by atoms with Crippen LogP contribution in [0.15, 0.2) is 59.2 Å². The summed E-state index contributed by atoms with van der Waals surface area (Å²) >= 11 is 3.37. The van der Waals surface area contributed by atoms with E-state index in [1.807, 2.05) is 30.3 Å². The highest BCUT2D eigenvalue weighted by molar-refractivity contribution is 9.10. The Kier molecular flexibility index (Phi) is 6.57. The van der Waals surface area contributed by atoms with E-state index in [4.69, 9.17) is 10.5 Å². The first kappa shape index (κ1) is 22.0. The zero-order chi connectivity index (χ0) is 22.7. The number of nitrogen functional groups attached to an aromatic ring is 1. The van der Waals surface area contributed by atoms with Gasteiger partial charge in [0.15, 0.2) is 0 Å². The predicted octanol–water partition coefficient (Wildman–Crippen LogP) is 3.47. The van der Waals surface area contributed by atoms with Crippen molar-refractivity contribution in [2.24, 2.45) is 0 Å². The number of methoxy groups -OCH3 is 1. The number of ether oxygens (including phenoxy) is 1. The molecule has 2 heterocycles. The second-order valence-electron chi connectivity index (χ2n) is 7.59. The molecule has 1 aliphatic rings. The lowest BCUT2D eigenvalue weighted by Crippen LogP contribution is -2.57. The van der Waals surface area contributed by atoms with Crippen molar-refractivity contribution in [3.8, 4) is 0 Å². The summed E-state index contributed by atoms with van der Waals surface area (Å²) in [7, 11) is 1.59. The van der Waals surface area contributed by atoms with Gasteiger partial charge in [0.2, 0.25) is 5.91 Å². The molecule has 166 valence electrons. The summed E-state index contributed by atoms with van der Waals surface area (Å²) in [5.41, 5.74) is 9.15. The molecule has 0 spiro atoms. The molecule has 9 heteroatoms. The lowest BCUT2D eigenvalue weighted by atomic mass is 10.1. The highest BCUT2D eigenvalue weighted by Gasteiger charge is 2.32. The molecule has 0 saturated carbocycles. The van der Waals surface area contributed by atoms with Gasteiger partial charge < -0.3 is 25.6 Å². The van der Waals surface area contributed by atoms with E-state index < -0.39 is 6.23 Å². The van der Waals surface area contributed by atoms with Crippen molar-refractivity contribution in [3.63, 3.8) is 0 Å². The van der Waals surface area contributed by atoms with Crippen molar-refractivity contribution in [1.82, 2.24) is 14.8 Å². The first-order chi connectivity index (χ1) is 15.4. The number of halogens is 1. The van der Waals surface area contributed by atoms with Crippen molar-refractivity contribution in [3.05, 3.63) is 64.8 Å². The van der Waals surface area contributed by atoms with E-state index in [-0.39, 0.29) is 18.5 Å². The number of rotatable bonds is 5. The third-order valence-electron chi connectivity index (χ3n) is 5.51. The molecule has 2 aromatic carbocycles. The normalized spacial score (nSPS) is 15.1. The summed E-state index contributed by atoms with van der Waals surface area (Å²) in [4.78, 5) is 33.0. The number of anilines is 2. The summed E-state index contributed by atoms with van der Waals surface area (Å²) in [6.45, 7) is 0.811. The smallest absolute Gasteiger partial charge is 0.322 e. The third-order valence-corrected chi connectivity index (χ3v) is 6.04. The van der Waals surface area contributed by atoms with Gasteiger partial charge in [0, 0.05) is 54.1 Å². The maximum absolute atomic E-state index is 12.8. The summed E-state index contributed by atoms with van der Waals surface area (Å²) in [5.74, 6) is -0.155. The number of aromatic nitrogens is 1. The summed E-state index contributed by atoms with van der Waals surface area (Å²) < 4.78 is 6.57. The molecule has 3 aromatic rings. The van der Waals surface area contributed by atoms with Crippen LogP contribution in [0.1, 0.15) is 5.56 Å². The van der Waals surface area contributed by atoms with E-state index in [9.17, 15) is 9.59 Å². The largest absolute Gasteiger partial charge is 0.398 e. The number of nitrogens with two attached hydrogens (primary N) is 1. The molecule has 1 fully saturated rings. The molecule has 32 heavy (non-hydrogen) atoms. The van der Waals surface area contributed by atoms with Gasteiger partial charge in [0.1, 0.15) is 12.8 Å². The molecule has 4 rings (SSSR count). The number of hydrogen-bond donors (Lipinski definition) is 2. The van der Waals surface area contributed by atoms with Crippen molar-refractivity contribution in [2.45, 2.75) is 12.6 Å². The molecular formula is C23H24BrN5O3. The molecule has 1 saturated heterocycles. The number of piperazine rings is 1. The van der Waals surface area contributed by atoms with Crippen LogP contribution >= 0.6 is 15.9 Å². The Bertz CT molecular complexity index is 1140. The van der Waals surface area contributed by atoms with E-state index >= 15 is 0 Å². The lowest BCUT2D eigenvalue weighted by molar-refractivity contribution is -0.148. The molecule has 1 aromatic heterocycles. The summed E-state index contributed by atoms with van der Waals surface area (Å²) in [6.07, 6.45) is 1.76. The van der Waals surface area contributed by atoms with E-state index in [1.54, 1.807) is 36.4 Å². The Morgan fingerprint density at radius 3 is 2.72 bits per heavy atom. The van der Waals surface area contributed by atoms with Gasteiger partial charge in [0.25, 0.3) is 0 Å². The van der Waals surface area contributed by atoms with Gasteiger partial charge in [0.05, 0.1) is 5.52 Å². The molecular weight excluding hydrogens is 474 g/mol. The predicted molar refractivity (Wildman–Crippen MR) is 127 cm³/mol. The van der Waals surface area contributed by atoms with Crippen LogP contribution < -0.4 is 11.1 Å². The SMILES string of the molecule is COC(Cc1ccc2c(N)ccnc2c1)N1CCN(C(=O)Nc2ccc(Br)cc2)CC1=O. The Morgan fingerprint density at radius 1 is 1.22 bits per heavy atom. The van der Waals surface area contributed by atoms with Crippen LogP contribution in [-0.4, -0.2) is 59.7 Å². The fourth-order valence-corrected chi connectivity index (χ4v) is 4.03. The van der Waals surface area contributed by atoms with Crippen molar-refractivity contribution < 1.29 is 14.3 Å². The van der Waals surface area contributed by atoms with Gasteiger partial charge in [-0.2, -0.15) is 0 Å². The Balaban J connectivity index is 1.40. The van der Waals surface area contributed by atoms with Crippen molar-refractivity contribution in [1.29, 1.82) is 0 Å². The standard InChI is InChI=1S/C23H24BrN5O3/c1-32-22(13-15-2-7-18-19(25)8-9-26-20(18)12-15)29-11-10-28(14-21(29)30)23(31)27-17-5-3-16(24)4-6-17/h2-9,12,22H,10-11,13-14H2,1H3,(H2,25,26)(H,27,31). The van der Waals surface area contributed by atoms with Crippen LogP contribution in [0.2, 0.25) is 0 Å². The first-order valence-corrected chi connectivity index (χ1v) is 11.0. The lowest BCUT2D eigenvalue weighted by Gasteiger charge is -2.38. The second kappa shape index (κ2) is 9.54. The number of pyridine rings is 1. The number of urea groups is 1. The van der Waals surface area contributed by atoms with Gasteiger partial charge in [-0.25, -0.2) is 4.79 Å². The fourth-order valence-electron chi connectivity index (χ4n) is 3.77. The average Bonchev–Trinajstić information content (AvgIpc) is 2.79. The van der Waals surface area contributed by atoms with Crippen LogP contribution in [0.3, 0.4) is 0 Å². The molecule has 0 bridgehead atoms. The number of fused-ring (bicyclic) bond motifs is 1. The zero-order valence-corrected chi connectivity index (χ0v) is 19.2.